The minimum absolute atomic E-state index is 0.0125. The summed E-state index contributed by atoms with van der Waals surface area (Å²) in [4.78, 5) is 7.26. The molecule has 4 heterocycles. The van der Waals surface area contributed by atoms with Crippen molar-refractivity contribution >= 4 is 22.4 Å². The minimum Gasteiger partial charge on any atom is -0.380 e. The minimum atomic E-state index is -2.50. The maximum Gasteiger partial charge on any atom is 0.263 e. The molecule has 0 bridgehead atoms. The molecule has 0 saturated carbocycles. The monoisotopic (exact) mass is 439 g/mol. The molecule has 6 nitrogen and oxygen atoms in total. The Morgan fingerprint density at radius 1 is 1.09 bits per heavy atom. The lowest BCUT2D eigenvalue weighted by Crippen LogP contribution is -2.44. The van der Waals surface area contributed by atoms with Gasteiger partial charge in [0.05, 0.1) is 41.8 Å². The number of anilines is 2. The van der Waals surface area contributed by atoms with Crippen LogP contribution in [-0.2, 0) is 4.74 Å². The third-order valence-corrected chi connectivity index (χ3v) is 6.70. The van der Waals surface area contributed by atoms with Gasteiger partial charge in [0, 0.05) is 29.5 Å². The third kappa shape index (κ3) is 3.66. The number of hydrogen-bond acceptors (Lipinski definition) is 6. The summed E-state index contributed by atoms with van der Waals surface area (Å²) in [7, 11) is 0. The number of fused-ring (bicyclic) bond motifs is 1. The Balaban J connectivity index is 1.49. The number of aryl methyl sites for hydroxylation is 2. The number of halogens is 2. The van der Waals surface area contributed by atoms with Crippen molar-refractivity contribution in [2.24, 2.45) is 5.41 Å². The average molecular weight is 440 g/mol. The second kappa shape index (κ2) is 7.92. The number of alkyl halides is 2. The highest BCUT2D eigenvalue weighted by atomic mass is 19.3. The van der Waals surface area contributed by atoms with Crippen LogP contribution in [0.15, 0.2) is 30.3 Å². The fraction of sp³-hybridized carbons (Fsp3) is 0.458. The van der Waals surface area contributed by atoms with Crippen LogP contribution in [0.3, 0.4) is 0 Å². The molecule has 2 saturated heterocycles. The van der Waals surface area contributed by atoms with Crippen LogP contribution in [0.2, 0.25) is 0 Å². The number of pyridine rings is 1. The number of rotatable bonds is 5. The van der Waals surface area contributed by atoms with Crippen molar-refractivity contribution in [3.8, 4) is 0 Å². The summed E-state index contributed by atoms with van der Waals surface area (Å²) in [6, 6.07) is 8.39. The number of aromatic nitrogens is 3. The van der Waals surface area contributed by atoms with E-state index in [0.29, 0.717) is 5.82 Å². The van der Waals surface area contributed by atoms with Gasteiger partial charge in [0.2, 0.25) is 0 Å². The number of benzene rings is 1. The van der Waals surface area contributed by atoms with Gasteiger partial charge in [-0.3, -0.25) is 0 Å². The van der Waals surface area contributed by atoms with Gasteiger partial charge in [-0.2, -0.15) is 5.10 Å². The Morgan fingerprint density at radius 2 is 1.88 bits per heavy atom. The first-order chi connectivity index (χ1) is 15.3. The van der Waals surface area contributed by atoms with Crippen LogP contribution in [-0.4, -0.2) is 41.5 Å². The lowest BCUT2D eigenvalue weighted by atomic mass is 9.85. The van der Waals surface area contributed by atoms with Gasteiger partial charge in [0.1, 0.15) is 0 Å². The Morgan fingerprint density at radius 3 is 2.56 bits per heavy atom. The van der Waals surface area contributed by atoms with Crippen LogP contribution in [0.25, 0.3) is 10.9 Å². The quantitative estimate of drug-likeness (QED) is 0.605. The van der Waals surface area contributed by atoms with Crippen molar-refractivity contribution in [3.63, 3.8) is 0 Å². The summed E-state index contributed by atoms with van der Waals surface area (Å²) in [5.41, 5.74) is 4.69. The first kappa shape index (κ1) is 21.0. The molecule has 2 aliphatic rings. The molecule has 168 valence electrons. The van der Waals surface area contributed by atoms with E-state index in [1.54, 1.807) is 6.07 Å². The zero-order valence-corrected chi connectivity index (χ0v) is 18.5. The molecule has 0 amide bonds. The van der Waals surface area contributed by atoms with Crippen molar-refractivity contribution in [1.82, 2.24) is 15.2 Å². The molecule has 0 aliphatic carbocycles. The lowest BCUT2D eigenvalue weighted by Gasteiger charge is -2.38. The zero-order chi connectivity index (χ0) is 22.5. The highest BCUT2D eigenvalue weighted by Gasteiger charge is 2.44. The van der Waals surface area contributed by atoms with Crippen molar-refractivity contribution in [2.45, 2.75) is 39.7 Å². The molecule has 5 rings (SSSR count). The first-order valence-corrected chi connectivity index (χ1v) is 11.0. The van der Waals surface area contributed by atoms with Crippen LogP contribution in [0.4, 0.5) is 20.3 Å². The summed E-state index contributed by atoms with van der Waals surface area (Å²) in [5.74, 6) is 0.607. The van der Waals surface area contributed by atoms with Gasteiger partial charge >= 0.3 is 0 Å². The largest absolute Gasteiger partial charge is 0.380 e. The number of nitrogens with one attached hydrogen (secondary N) is 1. The third-order valence-electron chi connectivity index (χ3n) is 6.70. The van der Waals surface area contributed by atoms with Gasteiger partial charge in [0.15, 0.2) is 5.82 Å². The van der Waals surface area contributed by atoms with E-state index in [0.717, 1.165) is 66.3 Å². The van der Waals surface area contributed by atoms with E-state index in [9.17, 15) is 8.78 Å². The number of nitrogens with zero attached hydrogens (tertiary/aromatic N) is 4. The molecule has 2 fully saturated rings. The molecule has 2 aromatic heterocycles. The molecule has 1 aromatic carbocycles. The van der Waals surface area contributed by atoms with Gasteiger partial charge in [0.25, 0.3) is 6.43 Å². The van der Waals surface area contributed by atoms with Crippen molar-refractivity contribution in [2.75, 3.05) is 36.5 Å². The smallest absolute Gasteiger partial charge is 0.263 e. The van der Waals surface area contributed by atoms with E-state index in [4.69, 9.17) is 9.72 Å². The van der Waals surface area contributed by atoms with Crippen LogP contribution >= 0.6 is 0 Å². The normalized spacial score (nSPS) is 18.4. The van der Waals surface area contributed by atoms with Gasteiger partial charge in [-0.25, -0.2) is 13.8 Å². The summed E-state index contributed by atoms with van der Waals surface area (Å²) < 4.78 is 31.8. The van der Waals surface area contributed by atoms with Gasteiger partial charge in [-0.1, -0.05) is 18.2 Å². The van der Waals surface area contributed by atoms with E-state index in [-0.39, 0.29) is 17.0 Å². The summed E-state index contributed by atoms with van der Waals surface area (Å²) >= 11 is 0. The molecule has 1 N–H and O–H groups in total. The number of ether oxygens (including phenoxy) is 1. The molecule has 0 unspecified atom stereocenters. The van der Waals surface area contributed by atoms with Gasteiger partial charge in [-0.15, -0.1) is 5.10 Å². The van der Waals surface area contributed by atoms with Gasteiger partial charge in [-0.05, 0) is 44.9 Å². The van der Waals surface area contributed by atoms with Crippen LogP contribution in [0.1, 0.15) is 48.3 Å². The average Bonchev–Trinajstić information content (AvgIpc) is 3.22. The van der Waals surface area contributed by atoms with Crippen LogP contribution < -0.4 is 10.2 Å². The van der Waals surface area contributed by atoms with Gasteiger partial charge < -0.3 is 15.0 Å². The van der Waals surface area contributed by atoms with Crippen molar-refractivity contribution in [1.29, 1.82) is 0 Å². The maximum atomic E-state index is 13.1. The fourth-order valence-corrected chi connectivity index (χ4v) is 4.72. The molecule has 2 aliphatic heterocycles. The topological polar surface area (TPSA) is 63.2 Å². The Kier molecular flexibility index (Phi) is 5.20. The molecule has 32 heavy (non-hydrogen) atoms. The Labute approximate surface area is 186 Å². The summed E-state index contributed by atoms with van der Waals surface area (Å²) in [6.45, 7) is 9.47. The summed E-state index contributed by atoms with van der Waals surface area (Å²) in [5, 5.41) is 12.9. The highest BCUT2D eigenvalue weighted by molar-refractivity contribution is 5.93. The molecule has 1 spiro atoms. The maximum absolute atomic E-state index is 13.1. The van der Waals surface area contributed by atoms with Crippen molar-refractivity contribution < 1.29 is 13.5 Å². The van der Waals surface area contributed by atoms with Crippen LogP contribution in [0, 0.1) is 19.3 Å². The predicted molar refractivity (Wildman–Crippen MR) is 120 cm³/mol. The van der Waals surface area contributed by atoms with E-state index in [1.165, 1.54) is 12.1 Å². The summed E-state index contributed by atoms with van der Waals surface area (Å²) in [6.07, 6.45) is -1.37. The molecular weight excluding hydrogens is 412 g/mol. The fourth-order valence-electron chi connectivity index (χ4n) is 4.72. The lowest BCUT2D eigenvalue weighted by molar-refractivity contribution is -0.0985. The van der Waals surface area contributed by atoms with E-state index in [2.05, 4.69) is 26.5 Å². The number of hydrogen-bond donors (Lipinski definition) is 1. The Hall–Kier alpha value is -2.87. The van der Waals surface area contributed by atoms with E-state index >= 15 is 0 Å². The predicted octanol–water partition coefficient (Wildman–Crippen LogP) is 4.98. The highest BCUT2D eigenvalue weighted by Crippen LogP contribution is 2.41. The zero-order valence-electron chi connectivity index (χ0n) is 18.5. The molecule has 0 radical (unpaired) electrons. The molecule has 3 aromatic rings. The second-order valence-corrected chi connectivity index (χ2v) is 9.12. The standard InChI is InChI=1S/C24H27F2N5O/c1-14(17-5-4-6-18(9-17)22(25)26)28-23-19-10-20(15(2)27-21(19)16(3)29-30-23)31-8-7-24(11-31)12-32-13-24/h4-6,9-10,14,22H,7-8,11-13H2,1-3H3,(H,28,30)/t14-/m1/s1. The van der Waals surface area contributed by atoms with Crippen molar-refractivity contribution in [3.05, 3.63) is 52.8 Å². The SMILES string of the molecule is Cc1nc2c(C)nnc(N[C@H](C)c3cccc(C(F)F)c3)c2cc1N1CCC2(COC2)C1. The molecular formula is C24H27F2N5O. The molecule has 1 atom stereocenters. The van der Waals surface area contributed by atoms with E-state index in [1.807, 2.05) is 26.8 Å². The first-order valence-electron chi connectivity index (χ1n) is 11.0. The second-order valence-electron chi connectivity index (χ2n) is 9.12. The Bertz CT molecular complexity index is 1160. The van der Waals surface area contributed by atoms with E-state index < -0.39 is 6.43 Å². The van der Waals surface area contributed by atoms with Crippen LogP contribution in [0.5, 0.6) is 0 Å². The molecule has 8 heteroatoms.